The van der Waals surface area contributed by atoms with E-state index in [0.717, 1.165) is 22.3 Å². The Morgan fingerprint density at radius 3 is 2.95 bits per heavy atom. The Hall–Kier alpha value is -2.17. The number of aromatic amines is 1. The largest absolute Gasteiger partial charge is 0.346 e. The minimum Gasteiger partial charge on any atom is -0.346 e. The van der Waals surface area contributed by atoms with Crippen LogP contribution < -0.4 is 0 Å². The van der Waals surface area contributed by atoms with Gasteiger partial charge in [-0.25, -0.2) is 9.97 Å². The maximum absolute atomic E-state index is 4.55. The van der Waals surface area contributed by atoms with E-state index in [-0.39, 0.29) is 0 Å². The van der Waals surface area contributed by atoms with E-state index in [2.05, 4.69) is 30.9 Å². The molecule has 0 atom stereocenters. The standard InChI is InChI=1S/C15H17N5/c1-2-4-12(5-3-1)20-9-11(8-19-20)14-13-6-7-16-15(13)18-10-17-14/h6-10,12H,1-5H2,(H,16,17,18). The van der Waals surface area contributed by atoms with Crippen LogP contribution in [0.4, 0.5) is 0 Å². The van der Waals surface area contributed by atoms with Crippen molar-refractivity contribution in [2.24, 2.45) is 0 Å². The fraction of sp³-hybridized carbons (Fsp3) is 0.400. The summed E-state index contributed by atoms with van der Waals surface area (Å²) in [6.45, 7) is 0. The Bertz CT molecular complexity index is 721. The highest BCUT2D eigenvalue weighted by Gasteiger charge is 2.17. The molecule has 0 saturated heterocycles. The molecule has 1 aliphatic rings. The van der Waals surface area contributed by atoms with Crippen LogP contribution in [0.3, 0.4) is 0 Å². The molecule has 0 aromatic carbocycles. The molecule has 1 aliphatic carbocycles. The van der Waals surface area contributed by atoms with Crippen LogP contribution in [0.2, 0.25) is 0 Å². The van der Waals surface area contributed by atoms with Crippen molar-refractivity contribution in [1.82, 2.24) is 24.7 Å². The van der Waals surface area contributed by atoms with Crippen molar-refractivity contribution >= 4 is 11.0 Å². The van der Waals surface area contributed by atoms with Crippen molar-refractivity contribution < 1.29 is 0 Å². The number of hydrogen-bond acceptors (Lipinski definition) is 3. The predicted octanol–water partition coefficient (Wildman–Crippen LogP) is 3.33. The number of aromatic nitrogens is 5. The summed E-state index contributed by atoms with van der Waals surface area (Å²) in [6.07, 6.45) is 14.0. The molecule has 4 rings (SSSR count). The van der Waals surface area contributed by atoms with Crippen LogP contribution in [-0.2, 0) is 0 Å². The first kappa shape index (κ1) is 11.6. The summed E-state index contributed by atoms with van der Waals surface area (Å²) >= 11 is 0. The summed E-state index contributed by atoms with van der Waals surface area (Å²) < 4.78 is 2.12. The summed E-state index contributed by atoms with van der Waals surface area (Å²) in [7, 11) is 0. The van der Waals surface area contributed by atoms with Gasteiger partial charge in [0.25, 0.3) is 0 Å². The van der Waals surface area contributed by atoms with Gasteiger partial charge in [-0.2, -0.15) is 5.10 Å². The normalized spacial score (nSPS) is 16.8. The van der Waals surface area contributed by atoms with E-state index < -0.39 is 0 Å². The number of rotatable bonds is 2. The van der Waals surface area contributed by atoms with E-state index in [1.165, 1.54) is 32.1 Å². The molecule has 3 aromatic rings. The van der Waals surface area contributed by atoms with Crippen molar-refractivity contribution in [2.75, 3.05) is 0 Å². The maximum atomic E-state index is 4.55. The molecular weight excluding hydrogens is 250 g/mol. The van der Waals surface area contributed by atoms with Gasteiger partial charge in [0.2, 0.25) is 0 Å². The summed E-state index contributed by atoms with van der Waals surface area (Å²) in [4.78, 5) is 11.8. The average Bonchev–Trinajstić information content (AvgIpc) is 3.17. The zero-order valence-corrected chi connectivity index (χ0v) is 11.3. The molecule has 0 aliphatic heterocycles. The van der Waals surface area contributed by atoms with Crippen molar-refractivity contribution in [1.29, 1.82) is 0 Å². The molecule has 1 N–H and O–H groups in total. The van der Waals surface area contributed by atoms with Crippen LogP contribution in [0.15, 0.2) is 31.0 Å². The van der Waals surface area contributed by atoms with Crippen LogP contribution in [0, 0.1) is 0 Å². The third-order valence-electron chi connectivity index (χ3n) is 4.18. The molecule has 3 aromatic heterocycles. The van der Waals surface area contributed by atoms with Crippen molar-refractivity contribution in [3.8, 4) is 11.3 Å². The Morgan fingerprint density at radius 1 is 1.15 bits per heavy atom. The second kappa shape index (κ2) is 4.74. The molecule has 0 spiro atoms. The van der Waals surface area contributed by atoms with Gasteiger partial charge in [-0.3, -0.25) is 4.68 Å². The fourth-order valence-electron chi connectivity index (χ4n) is 3.11. The summed E-state index contributed by atoms with van der Waals surface area (Å²) in [5.41, 5.74) is 2.90. The van der Waals surface area contributed by atoms with Crippen LogP contribution in [0.5, 0.6) is 0 Å². The second-order valence-corrected chi connectivity index (χ2v) is 5.46. The molecule has 20 heavy (non-hydrogen) atoms. The highest BCUT2D eigenvalue weighted by atomic mass is 15.3. The second-order valence-electron chi connectivity index (χ2n) is 5.46. The number of hydrogen-bond donors (Lipinski definition) is 1. The first-order chi connectivity index (χ1) is 9.92. The van der Waals surface area contributed by atoms with Crippen molar-refractivity contribution in [2.45, 2.75) is 38.1 Å². The smallest absolute Gasteiger partial charge is 0.141 e. The maximum Gasteiger partial charge on any atom is 0.141 e. The van der Waals surface area contributed by atoms with Crippen LogP contribution in [-0.4, -0.2) is 24.7 Å². The number of nitrogens with one attached hydrogen (secondary N) is 1. The number of fused-ring (bicyclic) bond motifs is 1. The van der Waals surface area contributed by atoms with Crippen molar-refractivity contribution in [3.63, 3.8) is 0 Å². The van der Waals surface area contributed by atoms with E-state index >= 15 is 0 Å². The predicted molar refractivity (Wildman–Crippen MR) is 77.2 cm³/mol. The fourth-order valence-corrected chi connectivity index (χ4v) is 3.11. The van der Waals surface area contributed by atoms with Crippen LogP contribution in [0.1, 0.15) is 38.1 Å². The lowest BCUT2D eigenvalue weighted by Crippen LogP contribution is -2.12. The Balaban J connectivity index is 1.72. The monoisotopic (exact) mass is 267 g/mol. The summed E-state index contributed by atoms with van der Waals surface area (Å²) in [5, 5.41) is 5.61. The van der Waals surface area contributed by atoms with Crippen LogP contribution in [0.25, 0.3) is 22.3 Å². The lowest BCUT2D eigenvalue weighted by Gasteiger charge is -2.21. The Labute approximate surface area is 117 Å². The summed E-state index contributed by atoms with van der Waals surface area (Å²) in [5.74, 6) is 0. The zero-order valence-electron chi connectivity index (χ0n) is 11.3. The molecule has 5 nitrogen and oxygen atoms in total. The summed E-state index contributed by atoms with van der Waals surface area (Å²) in [6, 6.07) is 2.57. The number of H-pyrrole nitrogens is 1. The van der Waals surface area contributed by atoms with E-state index in [1.54, 1.807) is 6.33 Å². The lowest BCUT2D eigenvalue weighted by atomic mass is 9.96. The highest BCUT2D eigenvalue weighted by Crippen LogP contribution is 2.30. The quantitative estimate of drug-likeness (QED) is 0.774. The Kier molecular flexibility index (Phi) is 2.76. The van der Waals surface area contributed by atoms with Gasteiger partial charge in [-0.1, -0.05) is 19.3 Å². The first-order valence-electron chi connectivity index (χ1n) is 7.24. The van der Waals surface area contributed by atoms with E-state index in [4.69, 9.17) is 0 Å². The Morgan fingerprint density at radius 2 is 2.05 bits per heavy atom. The zero-order chi connectivity index (χ0) is 13.4. The minimum atomic E-state index is 0.557. The lowest BCUT2D eigenvalue weighted by molar-refractivity contribution is 0.329. The SMILES string of the molecule is c1nc(-c2cnn(C3CCCCC3)c2)c2cc[nH]c2n1. The molecule has 5 heteroatoms. The van der Waals surface area contributed by atoms with Gasteiger partial charge in [-0.15, -0.1) is 0 Å². The third kappa shape index (κ3) is 1.90. The molecule has 0 amide bonds. The molecule has 0 radical (unpaired) electrons. The molecule has 0 unspecified atom stereocenters. The van der Waals surface area contributed by atoms with E-state index in [1.807, 2.05) is 18.5 Å². The topological polar surface area (TPSA) is 59.4 Å². The first-order valence-corrected chi connectivity index (χ1v) is 7.24. The van der Waals surface area contributed by atoms with Gasteiger partial charge in [0.1, 0.15) is 12.0 Å². The van der Waals surface area contributed by atoms with Crippen molar-refractivity contribution in [3.05, 3.63) is 31.0 Å². The van der Waals surface area contributed by atoms with E-state index in [0.29, 0.717) is 6.04 Å². The average molecular weight is 267 g/mol. The molecule has 3 heterocycles. The molecule has 0 bridgehead atoms. The molecule has 1 saturated carbocycles. The van der Waals surface area contributed by atoms with Gasteiger partial charge in [0.05, 0.1) is 17.9 Å². The van der Waals surface area contributed by atoms with Gasteiger partial charge in [0, 0.05) is 23.3 Å². The third-order valence-corrected chi connectivity index (χ3v) is 4.18. The van der Waals surface area contributed by atoms with E-state index in [9.17, 15) is 0 Å². The van der Waals surface area contributed by atoms with Gasteiger partial charge in [-0.05, 0) is 18.9 Å². The van der Waals surface area contributed by atoms with Gasteiger partial charge < -0.3 is 4.98 Å². The van der Waals surface area contributed by atoms with Gasteiger partial charge in [0.15, 0.2) is 0 Å². The van der Waals surface area contributed by atoms with Crippen LogP contribution >= 0.6 is 0 Å². The molecular formula is C15H17N5. The molecule has 102 valence electrons. The number of nitrogens with zero attached hydrogens (tertiary/aromatic N) is 4. The molecule has 1 fully saturated rings. The highest BCUT2D eigenvalue weighted by molar-refractivity contribution is 5.89. The van der Waals surface area contributed by atoms with Gasteiger partial charge >= 0.3 is 0 Å². The minimum absolute atomic E-state index is 0.557.